The number of hydrogen-bond donors (Lipinski definition) is 1. The Morgan fingerprint density at radius 1 is 1.30 bits per heavy atom. The monoisotopic (exact) mass is 319 g/mol. The van der Waals surface area contributed by atoms with Gasteiger partial charge in [0.25, 0.3) is 0 Å². The summed E-state index contributed by atoms with van der Waals surface area (Å²) < 4.78 is 16.9. The Balaban J connectivity index is 1.57. The van der Waals surface area contributed by atoms with Crippen LogP contribution in [0, 0.1) is 6.92 Å². The molecular weight excluding hydrogens is 294 g/mol. The van der Waals surface area contributed by atoms with Crippen molar-refractivity contribution in [1.82, 2.24) is 4.90 Å². The molecule has 0 amide bonds. The topological polar surface area (TPSA) is 51.2 Å². The number of methoxy groups -OCH3 is 1. The number of nitrogens with zero attached hydrogens (tertiary/aromatic N) is 1. The van der Waals surface area contributed by atoms with Gasteiger partial charge >= 0.3 is 0 Å². The highest BCUT2D eigenvalue weighted by Crippen LogP contribution is 2.43. The fourth-order valence-corrected chi connectivity index (χ4v) is 4.43. The maximum atomic E-state index is 10.1. The lowest BCUT2D eigenvalue weighted by Crippen LogP contribution is -2.51. The average molecular weight is 319 g/mol. The first kappa shape index (κ1) is 15.2. The molecule has 3 atom stereocenters. The molecule has 4 rings (SSSR count). The number of likely N-dealkylation sites (tertiary alicyclic amines) is 1. The molecule has 0 unspecified atom stereocenters. The Hall–Kier alpha value is -1.30. The summed E-state index contributed by atoms with van der Waals surface area (Å²) >= 11 is 0. The van der Waals surface area contributed by atoms with Gasteiger partial charge in [0, 0.05) is 26.2 Å². The van der Waals surface area contributed by atoms with Crippen LogP contribution < -0.4 is 9.47 Å². The van der Waals surface area contributed by atoms with Crippen LogP contribution in [-0.2, 0) is 11.3 Å². The Bertz CT molecular complexity index is 605. The van der Waals surface area contributed by atoms with Crippen molar-refractivity contribution in [3.8, 4) is 11.5 Å². The van der Waals surface area contributed by atoms with Crippen LogP contribution in [0.1, 0.15) is 36.8 Å². The van der Waals surface area contributed by atoms with Gasteiger partial charge in [-0.2, -0.15) is 0 Å². The molecule has 0 bridgehead atoms. The van der Waals surface area contributed by atoms with Crippen molar-refractivity contribution in [1.29, 1.82) is 0 Å². The first-order valence-corrected chi connectivity index (χ1v) is 8.48. The fourth-order valence-electron chi connectivity index (χ4n) is 4.43. The van der Waals surface area contributed by atoms with Crippen LogP contribution in [0.5, 0.6) is 11.5 Å². The number of fused-ring (bicyclic) bond motifs is 2. The summed E-state index contributed by atoms with van der Waals surface area (Å²) in [5.74, 6) is 1.68. The summed E-state index contributed by atoms with van der Waals surface area (Å²) in [6.07, 6.45) is 3.44. The molecule has 5 heteroatoms. The lowest BCUT2D eigenvalue weighted by Gasteiger charge is -2.42. The summed E-state index contributed by atoms with van der Waals surface area (Å²) in [4.78, 5) is 2.47. The predicted octanol–water partition coefficient (Wildman–Crippen LogP) is 2.23. The third-order valence-corrected chi connectivity index (χ3v) is 5.88. The molecule has 2 aliphatic heterocycles. The van der Waals surface area contributed by atoms with Crippen LogP contribution in [0.15, 0.2) is 12.1 Å². The zero-order valence-corrected chi connectivity index (χ0v) is 13.9. The van der Waals surface area contributed by atoms with E-state index in [1.54, 1.807) is 0 Å². The van der Waals surface area contributed by atoms with E-state index in [1.807, 2.05) is 7.11 Å². The number of ether oxygens (including phenoxy) is 3. The first-order valence-electron chi connectivity index (χ1n) is 8.48. The third-order valence-electron chi connectivity index (χ3n) is 5.88. The SMILES string of the molecule is CO[C@@]12CC[C@@H](O)C[C@@H]1N(Cc1cc3c(cc1C)OCO3)CC2. The molecule has 1 N–H and O–H groups in total. The number of aliphatic hydroxyl groups excluding tert-OH is 1. The van der Waals surface area contributed by atoms with Crippen LogP contribution in [0.4, 0.5) is 0 Å². The first-order chi connectivity index (χ1) is 11.1. The number of aliphatic hydroxyl groups is 1. The van der Waals surface area contributed by atoms with Gasteiger partial charge in [0.2, 0.25) is 6.79 Å². The summed E-state index contributed by atoms with van der Waals surface area (Å²) in [5, 5.41) is 10.1. The zero-order chi connectivity index (χ0) is 16.0. The molecule has 2 fully saturated rings. The third kappa shape index (κ3) is 2.51. The van der Waals surface area contributed by atoms with Crippen molar-refractivity contribution in [2.75, 3.05) is 20.4 Å². The second-order valence-electron chi connectivity index (χ2n) is 7.07. The van der Waals surface area contributed by atoms with Gasteiger partial charge in [-0.25, -0.2) is 0 Å². The number of benzene rings is 1. The molecule has 0 spiro atoms. The molecule has 23 heavy (non-hydrogen) atoms. The molecular formula is C18H25NO4. The number of hydrogen-bond acceptors (Lipinski definition) is 5. The molecule has 126 valence electrons. The predicted molar refractivity (Wildman–Crippen MR) is 85.7 cm³/mol. The highest BCUT2D eigenvalue weighted by molar-refractivity contribution is 5.48. The summed E-state index contributed by atoms with van der Waals surface area (Å²) in [7, 11) is 1.82. The van der Waals surface area contributed by atoms with E-state index in [0.29, 0.717) is 12.8 Å². The van der Waals surface area contributed by atoms with Crippen molar-refractivity contribution in [3.05, 3.63) is 23.3 Å². The highest BCUT2D eigenvalue weighted by atomic mass is 16.7. The van der Waals surface area contributed by atoms with E-state index in [9.17, 15) is 5.11 Å². The number of aryl methyl sites for hydroxylation is 1. The van der Waals surface area contributed by atoms with Crippen LogP contribution in [0.2, 0.25) is 0 Å². The van der Waals surface area contributed by atoms with E-state index < -0.39 is 0 Å². The van der Waals surface area contributed by atoms with Crippen molar-refractivity contribution in [3.63, 3.8) is 0 Å². The fraction of sp³-hybridized carbons (Fsp3) is 0.667. The largest absolute Gasteiger partial charge is 0.454 e. The maximum absolute atomic E-state index is 10.1. The Labute approximate surface area is 137 Å². The van der Waals surface area contributed by atoms with Gasteiger partial charge < -0.3 is 19.3 Å². The molecule has 1 aromatic carbocycles. The van der Waals surface area contributed by atoms with E-state index in [4.69, 9.17) is 14.2 Å². The minimum absolute atomic E-state index is 0.0799. The Kier molecular flexibility index (Phi) is 3.75. The van der Waals surface area contributed by atoms with Gasteiger partial charge in [0.05, 0.1) is 11.7 Å². The molecule has 2 heterocycles. The van der Waals surface area contributed by atoms with Crippen LogP contribution in [-0.4, -0.2) is 48.2 Å². The minimum atomic E-state index is -0.207. The van der Waals surface area contributed by atoms with Crippen molar-refractivity contribution in [2.45, 2.75) is 56.9 Å². The van der Waals surface area contributed by atoms with Gasteiger partial charge in [0.1, 0.15) is 0 Å². The second-order valence-corrected chi connectivity index (χ2v) is 7.07. The van der Waals surface area contributed by atoms with Crippen molar-refractivity contribution >= 4 is 0 Å². The molecule has 0 radical (unpaired) electrons. The summed E-state index contributed by atoms with van der Waals surface area (Å²) in [6, 6.07) is 4.46. The lowest BCUT2D eigenvalue weighted by atomic mass is 9.79. The Morgan fingerprint density at radius 3 is 2.87 bits per heavy atom. The van der Waals surface area contributed by atoms with E-state index in [0.717, 1.165) is 50.3 Å². The van der Waals surface area contributed by atoms with Gasteiger partial charge in [0.15, 0.2) is 11.5 Å². The molecule has 1 saturated carbocycles. The van der Waals surface area contributed by atoms with Gasteiger partial charge in [-0.1, -0.05) is 0 Å². The van der Waals surface area contributed by atoms with E-state index in [-0.39, 0.29) is 11.7 Å². The standard InChI is InChI=1S/C18H25NO4/c1-12-7-15-16(23-11-22-15)8-13(12)10-19-6-5-18(21-2)4-3-14(20)9-17(18)19/h7-8,14,17,20H,3-6,9-11H2,1-2H3/t14-,17+,18-/m1/s1. The smallest absolute Gasteiger partial charge is 0.231 e. The van der Waals surface area contributed by atoms with Gasteiger partial charge in [-0.3, -0.25) is 4.90 Å². The molecule has 1 saturated heterocycles. The molecule has 0 aromatic heterocycles. The summed E-state index contributed by atoms with van der Waals surface area (Å²) in [6.45, 7) is 4.31. The second kappa shape index (κ2) is 5.65. The van der Waals surface area contributed by atoms with Crippen LogP contribution in [0.3, 0.4) is 0 Å². The number of rotatable bonds is 3. The minimum Gasteiger partial charge on any atom is -0.454 e. The van der Waals surface area contributed by atoms with Gasteiger partial charge in [-0.15, -0.1) is 0 Å². The average Bonchev–Trinajstić information content (AvgIpc) is 3.13. The Morgan fingerprint density at radius 2 is 2.09 bits per heavy atom. The normalized spacial score (nSPS) is 33.0. The quantitative estimate of drug-likeness (QED) is 0.926. The molecule has 3 aliphatic rings. The maximum Gasteiger partial charge on any atom is 0.231 e. The van der Waals surface area contributed by atoms with Gasteiger partial charge in [-0.05, 0) is 55.9 Å². The molecule has 1 aromatic rings. The van der Waals surface area contributed by atoms with Crippen molar-refractivity contribution < 1.29 is 19.3 Å². The van der Waals surface area contributed by atoms with Crippen LogP contribution >= 0.6 is 0 Å². The van der Waals surface area contributed by atoms with E-state index in [1.165, 1.54) is 11.1 Å². The van der Waals surface area contributed by atoms with Crippen LogP contribution in [0.25, 0.3) is 0 Å². The lowest BCUT2D eigenvalue weighted by molar-refractivity contribution is -0.0879. The van der Waals surface area contributed by atoms with E-state index >= 15 is 0 Å². The molecule has 1 aliphatic carbocycles. The van der Waals surface area contributed by atoms with E-state index in [2.05, 4.69) is 24.0 Å². The highest BCUT2D eigenvalue weighted by Gasteiger charge is 2.50. The molecule has 5 nitrogen and oxygen atoms in total. The zero-order valence-electron chi connectivity index (χ0n) is 13.9. The summed E-state index contributed by atoms with van der Waals surface area (Å²) in [5.41, 5.74) is 2.41. The van der Waals surface area contributed by atoms with Crippen molar-refractivity contribution in [2.24, 2.45) is 0 Å².